The molecule has 0 spiro atoms. The number of hydrogen-bond acceptors (Lipinski definition) is 4. The van der Waals surface area contributed by atoms with Crippen molar-refractivity contribution in [1.29, 1.82) is 0 Å². The van der Waals surface area contributed by atoms with Gasteiger partial charge in [-0.2, -0.15) is 13.2 Å². The first-order valence-corrected chi connectivity index (χ1v) is 8.20. The van der Waals surface area contributed by atoms with Gasteiger partial charge in [-0.25, -0.2) is 9.37 Å². The van der Waals surface area contributed by atoms with E-state index in [4.69, 9.17) is 0 Å². The van der Waals surface area contributed by atoms with Crippen molar-refractivity contribution >= 4 is 17.5 Å². The molecule has 2 aromatic rings. The number of anilines is 1. The number of hydrogen-bond donors (Lipinski definition) is 2. The van der Waals surface area contributed by atoms with E-state index in [1.165, 1.54) is 18.2 Å². The second kappa shape index (κ2) is 7.41. The minimum absolute atomic E-state index is 0.00404. The van der Waals surface area contributed by atoms with E-state index >= 15 is 0 Å². The standard InChI is InChI=1S/C19H14F4N2O3/c20-13-5-6-16(24-9-13)25-18(28)17-14(26)7-11(8-15(17)27)10-1-3-12(4-2-10)19(21,22)23/h1-6,9,11,26H,7-8H2,(H,24,25,28). The average molecular weight is 394 g/mol. The molecule has 0 aliphatic heterocycles. The number of alkyl halides is 3. The zero-order valence-corrected chi connectivity index (χ0v) is 14.3. The third kappa shape index (κ3) is 4.19. The van der Waals surface area contributed by atoms with E-state index in [0.29, 0.717) is 5.56 Å². The topological polar surface area (TPSA) is 79.3 Å². The van der Waals surface area contributed by atoms with Crippen molar-refractivity contribution in [2.24, 2.45) is 0 Å². The van der Waals surface area contributed by atoms with Gasteiger partial charge in [-0.3, -0.25) is 9.59 Å². The van der Waals surface area contributed by atoms with E-state index in [0.717, 1.165) is 24.4 Å². The SMILES string of the molecule is O=C1CC(c2ccc(C(F)(F)F)cc2)CC(O)=C1C(=O)Nc1ccc(F)cn1. The van der Waals surface area contributed by atoms with Crippen molar-refractivity contribution in [1.82, 2.24) is 4.98 Å². The molecule has 0 saturated heterocycles. The zero-order chi connectivity index (χ0) is 20.5. The van der Waals surface area contributed by atoms with Crippen LogP contribution in [0.5, 0.6) is 0 Å². The van der Waals surface area contributed by atoms with Gasteiger partial charge in [0.1, 0.15) is 23.0 Å². The van der Waals surface area contributed by atoms with Gasteiger partial charge in [0.25, 0.3) is 5.91 Å². The largest absolute Gasteiger partial charge is 0.511 e. The summed E-state index contributed by atoms with van der Waals surface area (Å²) in [5.74, 6) is -3.13. The molecule has 1 unspecified atom stereocenters. The molecule has 1 aliphatic carbocycles. The molecule has 0 bridgehead atoms. The highest BCUT2D eigenvalue weighted by atomic mass is 19.4. The first-order valence-electron chi connectivity index (χ1n) is 8.20. The average Bonchev–Trinajstić information content (AvgIpc) is 2.62. The highest BCUT2D eigenvalue weighted by molar-refractivity contribution is 6.24. The van der Waals surface area contributed by atoms with Gasteiger partial charge in [0.05, 0.1) is 11.8 Å². The van der Waals surface area contributed by atoms with E-state index in [-0.39, 0.29) is 18.7 Å². The molecule has 28 heavy (non-hydrogen) atoms. The predicted molar refractivity (Wildman–Crippen MR) is 90.9 cm³/mol. The Morgan fingerprint density at radius 2 is 1.79 bits per heavy atom. The quantitative estimate of drug-likeness (QED) is 0.606. The summed E-state index contributed by atoms with van der Waals surface area (Å²) in [6, 6.07) is 6.58. The van der Waals surface area contributed by atoms with Crippen molar-refractivity contribution in [2.75, 3.05) is 5.32 Å². The van der Waals surface area contributed by atoms with Gasteiger partial charge in [-0.1, -0.05) is 12.1 Å². The number of rotatable bonds is 3. The molecule has 1 amide bonds. The minimum Gasteiger partial charge on any atom is -0.511 e. The van der Waals surface area contributed by atoms with Gasteiger partial charge in [-0.15, -0.1) is 0 Å². The van der Waals surface area contributed by atoms with E-state index in [1.54, 1.807) is 0 Å². The molecule has 3 rings (SSSR count). The molecule has 1 aromatic carbocycles. The fourth-order valence-corrected chi connectivity index (χ4v) is 2.96. The van der Waals surface area contributed by atoms with Crippen LogP contribution in [0.25, 0.3) is 0 Å². The summed E-state index contributed by atoms with van der Waals surface area (Å²) in [5, 5.41) is 12.5. The highest BCUT2D eigenvalue weighted by Gasteiger charge is 2.34. The maximum atomic E-state index is 12.9. The number of nitrogens with one attached hydrogen (secondary N) is 1. The molecule has 1 aliphatic rings. The Kier molecular flexibility index (Phi) is 5.17. The van der Waals surface area contributed by atoms with Crippen LogP contribution >= 0.6 is 0 Å². The number of halogens is 4. The molecule has 146 valence electrons. The molecule has 1 heterocycles. The Labute approximate surface area is 156 Å². The Balaban J connectivity index is 1.76. The Bertz CT molecular complexity index is 935. The Morgan fingerprint density at radius 3 is 2.32 bits per heavy atom. The lowest BCUT2D eigenvalue weighted by Crippen LogP contribution is -2.28. The number of amides is 1. The van der Waals surface area contributed by atoms with Crippen LogP contribution in [-0.4, -0.2) is 21.8 Å². The first kappa shape index (κ1) is 19.5. The number of Topliss-reactive ketones (excluding diaryl/α,β-unsaturated/α-hetero) is 1. The van der Waals surface area contributed by atoms with Crippen LogP contribution in [0.1, 0.15) is 29.9 Å². The maximum absolute atomic E-state index is 12.9. The molecule has 2 N–H and O–H groups in total. The van der Waals surface area contributed by atoms with E-state index in [2.05, 4.69) is 10.3 Å². The molecule has 1 aromatic heterocycles. The van der Waals surface area contributed by atoms with Gasteiger partial charge < -0.3 is 10.4 Å². The maximum Gasteiger partial charge on any atom is 0.416 e. The number of benzene rings is 1. The molecular formula is C19H14F4N2O3. The van der Waals surface area contributed by atoms with Crippen LogP contribution in [0.4, 0.5) is 23.4 Å². The van der Waals surface area contributed by atoms with Gasteiger partial charge in [0.2, 0.25) is 0 Å². The second-order valence-electron chi connectivity index (χ2n) is 6.29. The summed E-state index contributed by atoms with van der Waals surface area (Å²) >= 11 is 0. The number of aliphatic hydroxyl groups excluding tert-OH is 1. The van der Waals surface area contributed by atoms with E-state index < -0.39 is 46.5 Å². The number of ketones is 1. The second-order valence-corrected chi connectivity index (χ2v) is 6.29. The van der Waals surface area contributed by atoms with Crippen LogP contribution in [-0.2, 0) is 15.8 Å². The lowest BCUT2D eigenvalue weighted by Gasteiger charge is -2.23. The zero-order valence-electron chi connectivity index (χ0n) is 14.3. The predicted octanol–water partition coefficient (Wildman–Crippen LogP) is 4.14. The fraction of sp³-hybridized carbons (Fsp3) is 0.211. The number of aromatic nitrogens is 1. The number of carbonyl (C=O) groups is 2. The summed E-state index contributed by atoms with van der Waals surface area (Å²) in [4.78, 5) is 28.3. The first-order chi connectivity index (χ1) is 13.1. The molecular weight excluding hydrogens is 380 g/mol. The summed E-state index contributed by atoms with van der Waals surface area (Å²) in [5.41, 5.74) is -0.799. The molecule has 1 atom stereocenters. The van der Waals surface area contributed by atoms with Crippen molar-refractivity contribution < 1.29 is 32.3 Å². The number of allylic oxidation sites excluding steroid dienone is 1. The van der Waals surface area contributed by atoms with Gasteiger partial charge in [0, 0.05) is 12.8 Å². The molecule has 0 saturated carbocycles. The van der Waals surface area contributed by atoms with Gasteiger partial charge in [-0.05, 0) is 35.7 Å². The monoisotopic (exact) mass is 394 g/mol. The summed E-state index contributed by atoms with van der Waals surface area (Å²) in [7, 11) is 0. The van der Waals surface area contributed by atoms with Crippen LogP contribution < -0.4 is 5.32 Å². The fourth-order valence-electron chi connectivity index (χ4n) is 2.96. The van der Waals surface area contributed by atoms with Crippen molar-refractivity contribution in [3.05, 3.63) is 70.9 Å². The third-order valence-electron chi connectivity index (χ3n) is 4.34. The van der Waals surface area contributed by atoms with E-state index in [9.17, 15) is 32.3 Å². The number of carbonyl (C=O) groups excluding carboxylic acids is 2. The van der Waals surface area contributed by atoms with Crippen molar-refractivity contribution in [3.63, 3.8) is 0 Å². The Hall–Kier alpha value is -3.23. The van der Waals surface area contributed by atoms with Crippen LogP contribution in [0.15, 0.2) is 53.9 Å². The molecule has 0 fully saturated rings. The summed E-state index contributed by atoms with van der Waals surface area (Å²) in [6.45, 7) is 0. The summed E-state index contributed by atoms with van der Waals surface area (Å²) < 4.78 is 50.8. The molecule has 5 nitrogen and oxygen atoms in total. The Morgan fingerprint density at radius 1 is 1.11 bits per heavy atom. The molecule has 0 radical (unpaired) electrons. The normalized spacial score (nSPS) is 17.6. The van der Waals surface area contributed by atoms with Crippen molar-refractivity contribution in [2.45, 2.75) is 24.9 Å². The van der Waals surface area contributed by atoms with Crippen molar-refractivity contribution in [3.8, 4) is 0 Å². The molecule has 9 heteroatoms. The lowest BCUT2D eigenvalue weighted by atomic mass is 9.82. The lowest BCUT2D eigenvalue weighted by molar-refractivity contribution is -0.137. The summed E-state index contributed by atoms with van der Waals surface area (Å²) in [6.07, 6.45) is -3.80. The van der Waals surface area contributed by atoms with Gasteiger partial charge in [0.15, 0.2) is 5.78 Å². The number of nitrogens with zero attached hydrogens (tertiary/aromatic N) is 1. The minimum atomic E-state index is -4.47. The van der Waals surface area contributed by atoms with Gasteiger partial charge >= 0.3 is 6.18 Å². The van der Waals surface area contributed by atoms with Crippen LogP contribution in [0, 0.1) is 5.82 Å². The van der Waals surface area contributed by atoms with Crippen LogP contribution in [0.3, 0.4) is 0 Å². The highest BCUT2D eigenvalue weighted by Crippen LogP contribution is 2.36. The number of aliphatic hydroxyl groups is 1. The van der Waals surface area contributed by atoms with Crippen LogP contribution in [0.2, 0.25) is 0 Å². The van der Waals surface area contributed by atoms with E-state index in [1.807, 2.05) is 0 Å². The number of pyridine rings is 1. The smallest absolute Gasteiger partial charge is 0.416 e. The third-order valence-corrected chi connectivity index (χ3v) is 4.34.